The number of aromatic nitrogens is 1. The predicted octanol–water partition coefficient (Wildman–Crippen LogP) is 3.01. The zero-order valence-corrected chi connectivity index (χ0v) is 13.4. The van der Waals surface area contributed by atoms with Crippen molar-refractivity contribution in [3.63, 3.8) is 0 Å². The second-order valence-electron chi connectivity index (χ2n) is 4.61. The van der Waals surface area contributed by atoms with Crippen molar-refractivity contribution in [2.45, 2.75) is 24.8 Å². The van der Waals surface area contributed by atoms with Gasteiger partial charge in [-0.1, -0.05) is 30.3 Å². The molecule has 1 aromatic heterocycles. The van der Waals surface area contributed by atoms with E-state index in [0.29, 0.717) is 0 Å². The first-order valence-electron chi connectivity index (χ1n) is 6.61. The number of rotatable bonds is 7. The van der Waals surface area contributed by atoms with Crippen molar-refractivity contribution >= 4 is 23.1 Å². The summed E-state index contributed by atoms with van der Waals surface area (Å²) in [6, 6.07) is 10.6. The fourth-order valence-electron chi connectivity index (χ4n) is 1.94. The van der Waals surface area contributed by atoms with E-state index < -0.39 is 0 Å². The van der Waals surface area contributed by atoms with Gasteiger partial charge in [0.05, 0.1) is 11.5 Å². The van der Waals surface area contributed by atoms with Gasteiger partial charge in [0.2, 0.25) is 0 Å². The van der Waals surface area contributed by atoms with Crippen LogP contribution >= 0.6 is 23.1 Å². The number of nitrogens with one attached hydrogen (secondary N) is 1. The van der Waals surface area contributed by atoms with E-state index in [0.717, 1.165) is 11.6 Å². The Kier molecular flexibility index (Phi) is 6.04. The van der Waals surface area contributed by atoms with Crippen LogP contribution in [0.2, 0.25) is 0 Å². The molecule has 20 heavy (non-hydrogen) atoms. The van der Waals surface area contributed by atoms with Gasteiger partial charge in [-0.3, -0.25) is 0 Å². The monoisotopic (exact) mass is 308 g/mol. The zero-order chi connectivity index (χ0) is 14.4. The fraction of sp³-hybridized carbons (Fsp3) is 0.400. The van der Waals surface area contributed by atoms with Crippen molar-refractivity contribution in [3.05, 3.63) is 41.5 Å². The molecule has 108 valence electrons. The third-order valence-electron chi connectivity index (χ3n) is 3.23. The van der Waals surface area contributed by atoms with E-state index in [-0.39, 0.29) is 17.9 Å². The van der Waals surface area contributed by atoms with Gasteiger partial charge in [-0.15, -0.1) is 11.3 Å². The highest BCUT2D eigenvalue weighted by molar-refractivity contribution is 7.99. The van der Waals surface area contributed by atoms with E-state index in [1.54, 1.807) is 23.1 Å². The zero-order valence-electron chi connectivity index (χ0n) is 11.7. The molecule has 5 heteroatoms. The van der Waals surface area contributed by atoms with Crippen LogP contribution in [0.25, 0.3) is 10.4 Å². The predicted molar refractivity (Wildman–Crippen MR) is 88.2 cm³/mol. The first-order chi connectivity index (χ1) is 9.74. The quantitative estimate of drug-likeness (QED) is 0.825. The van der Waals surface area contributed by atoms with Gasteiger partial charge in [-0.25, -0.2) is 4.98 Å². The Hall–Kier alpha value is -0.880. The number of benzene rings is 1. The van der Waals surface area contributed by atoms with E-state index in [1.807, 2.05) is 30.7 Å². The van der Waals surface area contributed by atoms with E-state index in [4.69, 9.17) is 0 Å². The van der Waals surface area contributed by atoms with Crippen LogP contribution in [0, 0.1) is 0 Å². The molecule has 2 N–H and O–H groups in total. The molecule has 0 saturated carbocycles. The lowest BCUT2D eigenvalue weighted by atomic mass is 10.2. The number of aliphatic hydroxyl groups is 1. The van der Waals surface area contributed by atoms with Gasteiger partial charge >= 0.3 is 0 Å². The van der Waals surface area contributed by atoms with E-state index in [9.17, 15) is 5.11 Å². The minimum Gasteiger partial charge on any atom is -0.395 e. The first-order valence-corrected chi connectivity index (χ1v) is 8.72. The van der Waals surface area contributed by atoms with Gasteiger partial charge in [0.25, 0.3) is 0 Å². The summed E-state index contributed by atoms with van der Waals surface area (Å²) in [5, 5.41) is 14.0. The van der Waals surface area contributed by atoms with Crippen LogP contribution in [-0.2, 0) is 6.54 Å². The van der Waals surface area contributed by atoms with Crippen molar-refractivity contribution in [1.29, 1.82) is 0 Å². The molecule has 2 rings (SSSR count). The van der Waals surface area contributed by atoms with Gasteiger partial charge < -0.3 is 10.4 Å². The molecule has 2 aromatic rings. The molecule has 2 atom stereocenters. The lowest BCUT2D eigenvalue weighted by Gasteiger charge is -2.20. The molecule has 0 radical (unpaired) electrons. The molecular weight excluding hydrogens is 288 g/mol. The average Bonchev–Trinajstić information content (AvgIpc) is 2.96. The van der Waals surface area contributed by atoms with Crippen molar-refractivity contribution in [1.82, 2.24) is 10.3 Å². The Morgan fingerprint density at radius 2 is 2.10 bits per heavy atom. The van der Waals surface area contributed by atoms with Crippen molar-refractivity contribution in [2.24, 2.45) is 0 Å². The minimum absolute atomic E-state index is 0.197. The summed E-state index contributed by atoms with van der Waals surface area (Å²) >= 11 is 3.40. The molecule has 0 aliphatic rings. The Labute approximate surface area is 128 Å². The van der Waals surface area contributed by atoms with Gasteiger partial charge in [0.15, 0.2) is 0 Å². The molecule has 0 bridgehead atoms. The molecule has 0 spiro atoms. The minimum atomic E-state index is 0.197. The maximum Gasteiger partial charge on any atom is 0.107 e. The highest BCUT2D eigenvalue weighted by Crippen LogP contribution is 2.25. The van der Waals surface area contributed by atoms with Crippen LogP contribution in [-0.4, -0.2) is 34.2 Å². The largest absolute Gasteiger partial charge is 0.395 e. The molecule has 2 unspecified atom stereocenters. The molecule has 0 fully saturated rings. The van der Waals surface area contributed by atoms with Crippen LogP contribution in [0.1, 0.15) is 11.9 Å². The molecule has 0 amide bonds. The summed E-state index contributed by atoms with van der Waals surface area (Å²) in [6.45, 7) is 3.04. The van der Waals surface area contributed by atoms with Crippen LogP contribution in [0.15, 0.2) is 36.5 Å². The molecule has 0 aliphatic carbocycles. The van der Waals surface area contributed by atoms with Gasteiger partial charge in [0, 0.05) is 24.0 Å². The molecule has 3 nitrogen and oxygen atoms in total. The van der Waals surface area contributed by atoms with Crippen LogP contribution in [0.4, 0.5) is 0 Å². The second kappa shape index (κ2) is 7.78. The lowest BCUT2D eigenvalue weighted by Crippen LogP contribution is -2.37. The summed E-state index contributed by atoms with van der Waals surface area (Å²) in [7, 11) is 0. The Morgan fingerprint density at radius 3 is 2.75 bits per heavy atom. The third kappa shape index (κ3) is 4.06. The van der Waals surface area contributed by atoms with Gasteiger partial charge in [-0.05, 0) is 18.7 Å². The Bertz CT molecular complexity index is 512. The molecule has 1 heterocycles. The van der Waals surface area contributed by atoms with Crippen molar-refractivity contribution in [3.8, 4) is 10.4 Å². The molecule has 1 aromatic carbocycles. The van der Waals surface area contributed by atoms with E-state index in [1.165, 1.54) is 10.4 Å². The third-order valence-corrected chi connectivity index (χ3v) is 5.44. The van der Waals surface area contributed by atoms with E-state index >= 15 is 0 Å². The number of thioether (sulfide) groups is 1. The topological polar surface area (TPSA) is 45.1 Å². The summed E-state index contributed by atoms with van der Waals surface area (Å²) in [6.07, 6.45) is 3.95. The van der Waals surface area contributed by atoms with E-state index in [2.05, 4.69) is 29.4 Å². The van der Waals surface area contributed by atoms with Crippen molar-refractivity contribution in [2.75, 3.05) is 12.9 Å². The maximum atomic E-state index is 9.27. The Balaban J connectivity index is 1.94. The highest BCUT2D eigenvalue weighted by atomic mass is 32.2. The highest BCUT2D eigenvalue weighted by Gasteiger charge is 2.15. The lowest BCUT2D eigenvalue weighted by molar-refractivity contribution is 0.276. The van der Waals surface area contributed by atoms with Crippen LogP contribution in [0.5, 0.6) is 0 Å². The standard InChI is InChI=1S/C15H20N2OS2/c1-11(14(10-18)19-2)16-9-15-17-8-13(20-15)12-6-4-3-5-7-12/h3-8,11,14,16,18H,9-10H2,1-2H3. The fourth-order valence-corrected chi connectivity index (χ4v) is 3.47. The van der Waals surface area contributed by atoms with Crippen LogP contribution < -0.4 is 5.32 Å². The summed E-state index contributed by atoms with van der Waals surface area (Å²) in [5.74, 6) is 0. The number of thiazole rings is 1. The summed E-state index contributed by atoms with van der Waals surface area (Å²) < 4.78 is 0. The Morgan fingerprint density at radius 1 is 1.35 bits per heavy atom. The molecule has 0 saturated heterocycles. The summed E-state index contributed by atoms with van der Waals surface area (Å²) in [5.41, 5.74) is 1.21. The average molecular weight is 308 g/mol. The summed E-state index contributed by atoms with van der Waals surface area (Å²) in [4.78, 5) is 5.66. The van der Waals surface area contributed by atoms with Gasteiger partial charge in [-0.2, -0.15) is 11.8 Å². The SMILES string of the molecule is CSC(CO)C(C)NCc1ncc(-c2ccccc2)s1. The number of aliphatic hydroxyl groups excluding tert-OH is 1. The van der Waals surface area contributed by atoms with Crippen LogP contribution in [0.3, 0.4) is 0 Å². The smallest absolute Gasteiger partial charge is 0.107 e. The van der Waals surface area contributed by atoms with Gasteiger partial charge in [0.1, 0.15) is 5.01 Å². The molecule has 0 aliphatic heterocycles. The van der Waals surface area contributed by atoms with Crippen molar-refractivity contribution < 1.29 is 5.11 Å². The number of hydrogen-bond donors (Lipinski definition) is 2. The normalized spacial score (nSPS) is 14.2. The maximum absolute atomic E-state index is 9.27. The first kappa shape index (κ1) is 15.5. The number of hydrogen-bond acceptors (Lipinski definition) is 5. The number of nitrogens with zero attached hydrogens (tertiary/aromatic N) is 1. The second-order valence-corrected chi connectivity index (χ2v) is 6.80. The molecular formula is C15H20N2OS2.